The van der Waals surface area contributed by atoms with Gasteiger partial charge in [0.2, 0.25) is 0 Å². The third kappa shape index (κ3) is 4.39. The zero-order chi connectivity index (χ0) is 17.8. The normalized spacial score (nSPS) is 16.8. The minimum atomic E-state index is -0.129. The van der Waals surface area contributed by atoms with Gasteiger partial charge in [0.25, 0.3) is 0 Å². The molecule has 4 heteroatoms. The van der Waals surface area contributed by atoms with Crippen LogP contribution in [0.3, 0.4) is 0 Å². The molecule has 3 rings (SSSR count). The summed E-state index contributed by atoms with van der Waals surface area (Å²) in [5.74, 6) is 0.874. The molecule has 0 heterocycles. The first-order valence-corrected chi connectivity index (χ1v) is 8.87. The SMILES string of the molecule is COc1cccc2c1CCC(NCc1ccc(F)c(CN(C)C)c1)C2. The van der Waals surface area contributed by atoms with Crippen molar-refractivity contribution in [2.24, 2.45) is 0 Å². The average Bonchev–Trinajstić information content (AvgIpc) is 2.61. The van der Waals surface area contributed by atoms with E-state index in [9.17, 15) is 4.39 Å². The zero-order valence-corrected chi connectivity index (χ0v) is 15.3. The average molecular weight is 342 g/mol. The second-order valence-corrected chi connectivity index (χ2v) is 7.08. The van der Waals surface area contributed by atoms with Crippen LogP contribution in [0.15, 0.2) is 36.4 Å². The van der Waals surface area contributed by atoms with E-state index in [4.69, 9.17) is 4.74 Å². The van der Waals surface area contributed by atoms with Gasteiger partial charge in [-0.15, -0.1) is 0 Å². The summed E-state index contributed by atoms with van der Waals surface area (Å²) in [7, 11) is 5.65. The lowest BCUT2D eigenvalue weighted by Gasteiger charge is -2.27. The first-order valence-electron chi connectivity index (χ1n) is 8.87. The van der Waals surface area contributed by atoms with E-state index in [2.05, 4.69) is 17.4 Å². The fraction of sp³-hybridized carbons (Fsp3) is 0.429. The van der Waals surface area contributed by atoms with Crippen molar-refractivity contribution < 1.29 is 9.13 Å². The lowest BCUT2D eigenvalue weighted by atomic mass is 9.87. The Bertz CT molecular complexity index is 730. The van der Waals surface area contributed by atoms with Gasteiger partial charge < -0.3 is 15.0 Å². The molecule has 1 atom stereocenters. The standard InChI is InChI=1S/C21H27FN2O/c1-24(2)14-17-11-15(7-10-20(17)22)13-23-18-8-9-19-16(12-18)5-4-6-21(19)25-3/h4-7,10-11,18,23H,8-9,12-14H2,1-3H3. The molecule has 0 bridgehead atoms. The Labute approximate surface area is 149 Å². The van der Waals surface area contributed by atoms with E-state index in [-0.39, 0.29) is 5.82 Å². The fourth-order valence-electron chi connectivity index (χ4n) is 3.60. The smallest absolute Gasteiger partial charge is 0.127 e. The summed E-state index contributed by atoms with van der Waals surface area (Å²) in [4.78, 5) is 1.99. The molecule has 0 radical (unpaired) electrons. The summed E-state index contributed by atoms with van der Waals surface area (Å²) in [5.41, 5.74) is 4.60. The number of nitrogens with zero attached hydrogens (tertiary/aromatic N) is 1. The summed E-state index contributed by atoms with van der Waals surface area (Å²) in [5, 5.41) is 3.64. The highest BCUT2D eigenvalue weighted by atomic mass is 19.1. The van der Waals surface area contributed by atoms with E-state index in [1.165, 1.54) is 11.1 Å². The molecular formula is C21H27FN2O. The second kappa shape index (κ2) is 7.98. The van der Waals surface area contributed by atoms with Crippen LogP contribution < -0.4 is 10.1 Å². The van der Waals surface area contributed by atoms with Crippen LogP contribution in [0, 0.1) is 5.82 Å². The molecule has 134 valence electrons. The van der Waals surface area contributed by atoms with Gasteiger partial charge in [0.05, 0.1) is 7.11 Å². The molecule has 25 heavy (non-hydrogen) atoms. The van der Waals surface area contributed by atoms with Gasteiger partial charge in [0.15, 0.2) is 0 Å². The maximum absolute atomic E-state index is 13.9. The Balaban J connectivity index is 1.63. The lowest BCUT2D eigenvalue weighted by Crippen LogP contribution is -2.34. The van der Waals surface area contributed by atoms with Crippen molar-refractivity contribution in [3.63, 3.8) is 0 Å². The number of benzene rings is 2. The van der Waals surface area contributed by atoms with Gasteiger partial charge >= 0.3 is 0 Å². The van der Waals surface area contributed by atoms with E-state index >= 15 is 0 Å². The molecule has 1 unspecified atom stereocenters. The molecule has 1 N–H and O–H groups in total. The van der Waals surface area contributed by atoms with Gasteiger partial charge in [0.1, 0.15) is 11.6 Å². The third-order valence-corrected chi connectivity index (χ3v) is 4.85. The largest absolute Gasteiger partial charge is 0.496 e. The van der Waals surface area contributed by atoms with Crippen LogP contribution in [0.25, 0.3) is 0 Å². The fourth-order valence-corrected chi connectivity index (χ4v) is 3.60. The number of hydrogen-bond acceptors (Lipinski definition) is 3. The molecule has 0 aromatic heterocycles. The van der Waals surface area contributed by atoms with Crippen LogP contribution in [0.2, 0.25) is 0 Å². The van der Waals surface area contributed by atoms with Crippen molar-refractivity contribution in [3.8, 4) is 5.75 Å². The van der Waals surface area contributed by atoms with Crippen LogP contribution >= 0.6 is 0 Å². The molecule has 0 amide bonds. The summed E-state index contributed by atoms with van der Waals surface area (Å²) in [6.07, 6.45) is 3.14. The molecule has 0 fully saturated rings. The molecular weight excluding hydrogens is 315 g/mol. The topological polar surface area (TPSA) is 24.5 Å². The van der Waals surface area contributed by atoms with Gasteiger partial charge in [-0.05, 0) is 62.2 Å². The molecule has 0 spiro atoms. The maximum Gasteiger partial charge on any atom is 0.127 e. The predicted octanol–water partition coefficient (Wildman–Crippen LogP) is 3.54. The Hall–Kier alpha value is -1.91. The number of halogens is 1. The summed E-state index contributed by atoms with van der Waals surface area (Å²) < 4.78 is 19.4. The van der Waals surface area contributed by atoms with Crippen molar-refractivity contribution >= 4 is 0 Å². The lowest BCUT2D eigenvalue weighted by molar-refractivity contribution is 0.391. The number of methoxy groups -OCH3 is 1. The quantitative estimate of drug-likeness (QED) is 0.869. The Morgan fingerprint density at radius 2 is 2.08 bits per heavy atom. The van der Waals surface area contributed by atoms with Crippen LogP contribution in [-0.4, -0.2) is 32.1 Å². The van der Waals surface area contributed by atoms with E-state index in [1.807, 2.05) is 37.2 Å². The maximum atomic E-state index is 13.9. The van der Waals surface area contributed by atoms with Crippen LogP contribution in [-0.2, 0) is 25.9 Å². The highest BCUT2D eigenvalue weighted by molar-refractivity contribution is 5.42. The van der Waals surface area contributed by atoms with E-state index in [1.54, 1.807) is 13.2 Å². The summed E-state index contributed by atoms with van der Waals surface area (Å²) in [6, 6.07) is 12.2. The van der Waals surface area contributed by atoms with Crippen molar-refractivity contribution in [2.75, 3.05) is 21.2 Å². The van der Waals surface area contributed by atoms with Crippen molar-refractivity contribution in [2.45, 2.75) is 38.4 Å². The van der Waals surface area contributed by atoms with Crippen LogP contribution in [0.1, 0.15) is 28.7 Å². The molecule has 0 saturated heterocycles. The highest BCUT2D eigenvalue weighted by Crippen LogP contribution is 2.29. The van der Waals surface area contributed by atoms with Gasteiger partial charge in [-0.2, -0.15) is 0 Å². The number of rotatable bonds is 6. The molecule has 2 aromatic carbocycles. The number of hydrogen-bond donors (Lipinski definition) is 1. The van der Waals surface area contributed by atoms with E-state index in [0.717, 1.165) is 42.7 Å². The van der Waals surface area contributed by atoms with Gasteiger partial charge in [0, 0.05) is 24.7 Å². The van der Waals surface area contributed by atoms with Crippen LogP contribution in [0.5, 0.6) is 5.75 Å². The minimum absolute atomic E-state index is 0.129. The molecule has 3 nitrogen and oxygen atoms in total. The molecule has 1 aliphatic carbocycles. The molecule has 2 aromatic rings. The minimum Gasteiger partial charge on any atom is -0.496 e. The number of ether oxygens (including phenoxy) is 1. The first-order chi connectivity index (χ1) is 12.1. The van der Waals surface area contributed by atoms with E-state index < -0.39 is 0 Å². The Kier molecular flexibility index (Phi) is 5.71. The van der Waals surface area contributed by atoms with Gasteiger partial charge in [-0.1, -0.05) is 24.3 Å². The van der Waals surface area contributed by atoms with E-state index in [0.29, 0.717) is 12.6 Å². The number of fused-ring (bicyclic) bond motifs is 1. The Morgan fingerprint density at radius 3 is 2.84 bits per heavy atom. The van der Waals surface area contributed by atoms with Crippen molar-refractivity contribution in [3.05, 3.63) is 64.5 Å². The second-order valence-electron chi connectivity index (χ2n) is 7.08. The van der Waals surface area contributed by atoms with Crippen molar-refractivity contribution in [1.29, 1.82) is 0 Å². The molecule has 1 aliphatic rings. The first kappa shape index (κ1) is 17.9. The monoisotopic (exact) mass is 342 g/mol. The highest BCUT2D eigenvalue weighted by Gasteiger charge is 2.20. The molecule has 0 saturated carbocycles. The van der Waals surface area contributed by atoms with Crippen LogP contribution in [0.4, 0.5) is 4.39 Å². The predicted molar refractivity (Wildman–Crippen MR) is 99.4 cm³/mol. The Morgan fingerprint density at radius 1 is 1.24 bits per heavy atom. The number of nitrogens with one attached hydrogen (secondary N) is 1. The zero-order valence-electron chi connectivity index (χ0n) is 15.3. The third-order valence-electron chi connectivity index (χ3n) is 4.85. The molecule has 0 aliphatic heterocycles. The van der Waals surface area contributed by atoms with Crippen molar-refractivity contribution in [1.82, 2.24) is 10.2 Å². The van der Waals surface area contributed by atoms with Gasteiger partial charge in [-0.3, -0.25) is 0 Å². The van der Waals surface area contributed by atoms with Gasteiger partial charge in [-0.25, -0.2) is 4.39 Å². The summed E-state index contributed by atoms with van der Waals surface area (Å²) >= 11 is 0. The summed E-state index contributed by atoms with van der Waals surface area (Å²) in [6.45, 7) is 1.39.